The van der Waals surface area contributed by atoms with Crippen molar-refractivity contribution in [3.05, 3.63) is 29.3 Å². The second-order valence-corrected chi connectivity index (χ2v) is 6.19. The van der Waals surface area contributed by atoms with Crippen LogP contribution in [0, 0.1) is 0 Å². The van der Waals surface area contributed by atoms with Crippen LogP contribution in [0.25, 0.3) is 0 Å². The summed E-state index contributed by atoms with van der Waals surface area (Å²) >= 11 is 5.82. The van der Waals surface area contributed by atoms with Crippen LogP contribution in [0.2, 0.25) is 5.02 Å². The van der Waals surface area contributed by atoms with Crippen molar-refractivity contribution < 1.29 is 19.1 Å². The van der Waals surface area contributed by atoms with Crippen LogP contribution in [0.3, 0.4) is 0 Å². The predicted octanol–water partition coefficient (Wildman–Crippen LogP) is 2.43. The molecular weight excluding hydrogens is 322 g/mol. The van der Waals surface area contributed by atoms with E-state index in [0.29, 0.717) is 23.6 Å². The number of halogens is 1. The summed E-state index contributed by atoms with van der Waals surface area (Å²) in [6, 6.07) is 6.69. The van der Waals surface area contributed by atoms with E-state index in [1.165, 1.54) is 0 Å². The van der Waals surface area contributed by atoms with Gasteiger partial charge in [0.05, 0.1) is 0 Å². The number of carbonyl (C=O) groups is 2. The van der Waals surface area contributed by atoms with Crippen LogP contribution in [0.1, 0.15) is 25.7 Å². The van der Waals surface area contributed by atoms with Gasteiger partial charge in [0.15, 0.2) is 0 Å². The third kappa shape index (κ3) is 3.51. The van der Waals surface area contributed by atoms with E-state index in [1.807, 2.05) is 5.43 Å². The largest absolute Gasteiger partial charge is 0.445 e. The Morgan fingerprint density at radius 2 is 1.78 bits per heavy atom. The Hall–Kier alpha value is -1.99. The van der Waals surface area contributed by atoms with Crippen molar-refractivity contribution in [3.63, 3.8) is 0 Å². The summed E-state index contributed by atoms with van der Waals surface area (Å²) in [5.74, 6) is 5.49. The lowest BCUT2D eigenvalue weighted by Crippen LogP contribution is -2.50. The highest BCUT2D eigenvalue weighted by atomic mass is 35.5. The molecule has 3 rings (SSSR count). The van der Waals surface area contributed by atoms with Gasteiger partial charge in [0.2, 0.25) is 0 Å². The number of nitrogens with two attached hydrogens (primary N) is 1. The molecule has 2 aliphatic heterocycles. The average molecular weight is 340 g/mol. The fourth-order valence-electron chi connectivity index (χ4n) is 3.36. The lowest BCUT2D eigenvalue weighted by molar-refractivity contribution is 0.0241. The Kier molecular flexibility index (Phi) is 4.58. The van der Waals surface area contributed by atoms with Gasteiger partial charge in [0.25, 0.3) is 0 Å². The van der Waals surface area contributed by atoms with Crippen LogP contribution in [0.15, 0.2) is 24.3 Å². The summed E-state index contributed by atoms with van der Waals surface area (Å²) in [6.07, 6.45) is 1.71. The second kappa shape index (κ2) is 6.64. The molecule has 1 aromatic rings. The van der Waals surface area contributed by atoms with E-state index in [2.05, 4.69) is 0 Å². The normalized spacial score (nSPS) is 25.8. The van der Waals surface area contributed by atoms with Crippen LogP contribution in [0.5, 0.6) is 5.75 Å². The molecule has 0 radical (unpaired) electrons. The van der Waals surface area contributed by atoms with E-state index in [4.69, 9.17) is 26.9 Å². The number of rotatable bonds is 2. The Bertz CT molecular complexity index is 581. The zero-order chi connectivity index (χ0) is 16.4. The first-order chi connectivity index (χ1) is 11.1. The quantitative estimate of drug-likeness (QED) is 0.490. The smallest absolute Gasteiger partial charge is 0.421 e. The maximum absolute atomic E-state index is 12.4. The molecule has 0 aliphatic carbocycles. The first-order valence-corrected chi connectivity index (χ1v) is 7.87. The molecular formula is C15H18ClN3O4. The lowest BCUT2D eigenvalue weighted by atomic mass is 10.0. The van der Waals surface area contributed by atoms with Gasteiger partial charge < -0.3 is 14.4 Å². The molecule has 2 amide bonds. The molecule has 2 fully saturated rings. The zero-order valence-electron chi connectivity index (χ0n) is 12.4. The number of nitrogens with zero attached hydrogens (tertiary/aromatic N) is 1. The zero-order valence-corrected chi connectivity index (χ0v) is 13.2. The molecule has 3 N–H and O–H groups in total. The SMILES string of the molecule is NNC(=O)OC1CC2CCC(C1)N2C(=O)Oc1ccc(Cl)cc1. The van der Waals surface area contributed by atoms with Crippen LogP contribution < -0.4 is 16.0 Å². The first-order valence-electron chi connectivity index (χ1n) is 7.49. The molecule has 2 heterocycles. The van der Waals surface area contributed by atoms with E-state index < -0.39 is 6.09 Å². The molecule has 2 atom stereocenters. The van der Waals surface area contributed by atoms with Crippen LogP contribution in [-0.2, 0) is 4.74 Å². The molecule has 0 spiro atoms. The number of ether oxygens (including phenoxy) is 2. The molecule has 0 saturated carbocycles. The van der Waals surface area contributed by atoms with Crippen LogP contribution in [0.4, 0.5) is 9.59 Å². The van der Waals surface area contributed by atoms with Gasteiger partial charge in [-0.2, -0.15) is 0 Å². The number of fused-ring (bicyclic) bond motifs is 2. The minimum atomic E-state index is -0.647. The Labute approximate surface area is 138 Å². The van der Waals surface area contributed by atoms with Crippen LogP contribution in [-0.4, -0.2) is 35.3 Å². The summed E-state index contributed by atoms with van der Waals surface area (Å²) in [4.78, 5) is 25.4. The van der Waals surface area contributed by atoms with Gasteiger partial charge in [-0.1, -0.05) is 11.6 Å². The fourth-order valence-corrected chi connectivity index (χ4v) is 3.49. The number of amides is 2. The third-order valence-corrected chi connectivity index (χ3v) is 4.56. The maximum Gasteiger partial charge on any atom is 0.421 e. The highest BCUT2D eigenvalue weighted by Crippen LogP contribution is 2.37. The summed E-state index contributed by atoms with van der Waals surface area (Å²) < 4.78 is 10.6. The molecule has 1 aromatic carbocycles. The molecule has 2 bridgehead atoms. The van der Waals surface area contributed by atoms with E-state index in [9.17, 15) is 9.59 Å². The van der Waals surface area contributed by atoms with Crippen molar-refractivity contribution >= 4 is 23.8 Å². The Balaban J connectivity index is 1.62. The van der Waals surface area contributed by atoms with Gasteiger partial charge in [-0.25, -0.2) is 15.4 Å². The molecule has 0 aromatic heterocycles. The highest BCUT2D eigenvalue weighted by molar-refractivity contribution is 6.30. The van der Waals surface area contributed by atoms with E-state index in [1.54, 1.807) is 29.2 Å². The van der Waals surface area contributed by atoms with Crippen molar-refractivity contribution in [1.29, 1.82) is 0 Å². The second-order valence-electron chi connectivity index (χ2n) is 5.76. The minimum absolute atomic E-state index is 0.0177. The van der Waals surface area contributed by atoms with Gasteiger partial charge in [0.1, 0.15) is 11.9 Å². The minimum Gasteiger partial charge on any atom is -0.445 e. The number of carbonyl (C=O) groups excluding carboxylic acids is 2. The standard InChI is InChI=1S/C15H18ClN3O4/c16-9-1-5-12(6-2-9)23-15(21)19-10-3-4-11(19)8-13(7-10)22-14(20)18-17/h1-2,5-6,10-11,13H,3-4,7-8,17H2,(H,18,20). The van der Waals surface area contributed by atoms with Crippen LogP contribution >= 0.6 is 11.6 Å². The topological polar surface area (TPSA) is 93.9 Å². The van der Waals surface area contributed by atoms with Crippen molar-refractivity contribution in [3.8, 4) is 5.75 Å². The average Bonchev–Trinajstić information content (AvgIpc) is 2.81. The molecule has 2 unspecified atom stereocenters. The Morgan fingerprint density at radius 1 is 1.17 bits per heavy atom. The molecule has 124 valence electrons. The van der Waals surface area contributed by atoms with E-state index in [-0.39, 0.29) is 24.3 Å². The molecule has 7 nitrogen and oxygen atoms in total. The van der Waals surface area contributed by atoms with Crippen molar-refractivity contribution in [1.82, 2.24) is 10.3 Å². The molecule has 8 heteroatoms. The summed E-state index contributed by atoms with van der Waals surface area (Å²) in [7, 11) is 0. The van der Waals surface area contributed by atoms with Gasteiger partial charge >= 0.3 is 12.2 Å². The van der Waals surface area contributed by atoms with Crippen molar-refractivity contribution in [2.45, 2.75) is 43.9 Å². The lowest BCUT2D eigenvalue weighted by Gasteiger charge is -2.37. The number of nitrogens with one attached hydrogen (secondary N) is 1. The molecule has 23 heavy (non-hydrogen) atoms. The number of hydrogen-bond acceptors (Lipinski definition) is 5. The fraction of sp³-hybridized carbons (Fsp3) is 0.467. The first kappa shape index (κ1) is 15.9. The van der Waals surface area contributed by atoms with Crippen molar-refractivity contribution in [2.75, 3.05) is 0 Å². The highest BCUT2D eigenvalue weighted by Gasteiger charge is 2.45. The monoisotopic (exact) mass is 339 g/mol. The summed E-state index contributed by atoms with van der Waals surface area (Å²) in [6.45, 7) is 0. The van der Waals surface area contributed by atoms with E-state index >= 15 is 0 Å². The van der Waals surface area contributed by atoms with Gasteiger partial charge in [-0.05, 0) is 37.1 Å². The van der Waals surface area contributed by atoms with Gasteiger partial charge in [-0.15, -0.1) is 0 Å². The maximum atomic E-state index is 12.4. The number of benzene rings is 1. The summed E-state index contributed by atoms with van der Waals surface area (Å²) in [5.41, 5.74) is 1.96. The van der Waals surface area contributed by atoms with Gasteiger partial charge in [-0.3, -0.25) is 5.43 Å². The third-order valence-electron chi connectivity index (χ3n) is 4.31. The van der Waals surface area contributed by atoms with Crippen molar-refractivity contribution in [2.24, 2.45) is 5.84 Å². The predicted molar refractivity (Wildman–Crippen MR) is 83.0 cm³/mol. The number of hydrazine groups is 1. The number of hydrogen-bond donors (Lipinski definition) is 2. The number of piperidine rings is 1. The molecule has 2 saturated heterocycles. The Morgan fingerprint density at radius 3 is 2.35 bits per heavy atom. The summed E-state index contributed by atoms with van der Waals surface area (Å²) in [5, 5.41) is 0.584. The van der Waals surface area contributed by atoms with E-state index in [0.717, 1.165) is 12.8 Å². The molecule has 2 aliphatic rings. The van der Waals surface area contributed by atoms with Gasteiger partial charge in [0, 0.05) is 29.9 Å².